The first-order valence-electron chi connectivity index (χ1n) is 11.8. The van der Waals surface area contributed by atoms with E-state index in [0.717, 1.165) is 0 Å². The smallest absolute Gasteiger partial charge is 0.391 e. The minimum Gasteiger partial charge on any atom is -0.391 e. The second-order valence-electron chi connectivity index (χ2n) is 9.36. The molecule has 4 N–H and O–H groups in total. The van der Waals surface area contributed by atoms with E-state index in [1.807, 2.05) is 6.92 Å². The Morgan fingerprint density at radius 2 is 1.97 bits per heavy atom. The van der Waals surface area contributed by atoms with E-state index in [0.29, 0.717) is 52.0 Å². The number of hydrogen-bond donors (Lipinski definition) is 3. The average Bonchev–Trinajstić information content (AvgIpc) is 2.77. The molecule has 1 saturated heterocycles. The average molecular weight is 491 g/mol. The highest BCUT2D eigenvalue weighted by Crippen LogP contribution is 2.40. The molecule has 1 aromatic heterocycles. The lowest BCUT2D eigenvalue weighted by Gasteiger charge is -2.35. The van der Waals surface area contributed by atoms with Gasteiger partial charge in [0.2, 0.25) is 11.7 Å². The number of aliphatic hydroxyl groups excluding tert-OH is 1. The summed E-state index contributed by atoms with van der Waals surface area (Å²) < 4.78 is 54.1. The third kappa shape index (κ3) is 6.91. The van der Waals surface area contributed by atoms with Gasteiger partial charge in [0.05, 0.1) is 18.6 Å². The van der Waals surface area contributed by atoms with Crippen molar-refractivity contribution >= 4 is 17.5 Å². The van der Waals surface area contributed by atoms with Gasteiger partial charge in [-0.15, -0.1) is 0 Å². The number of nitrogens with one attached hydrogen (secondary N) is 1. The van der Waals surface area contributed by atoms with Crippen LogP contribution in [0, 0.1) is 23.6 Å². The highest BCUT2D eigenvalue weighted by molar-refractivity contribution is 5.75. The number of piperidine rings is 1. The Balaban J connectivity index is 1.57. The van der Waals surface area contributed by atoms with Crippen LogP contribution in [0.15, 0.2) is 6.33 Å². The molecule has 1 amide bonds. The van der Waals surface area contributed by atoms with Gasteiger partial charge in [-0.05, 0) is 51.5 Å². The van der Waals surface area contributed by atoms with Crippen molar-refractivity contribution in [3.8, 4) is 0 Å². The number of likely N-dealkylation sites (tertiary alicyclic amines) is 1. The molecule has 0 aromatic carbocycles. The van der Waals surface area contributed by atoms with Crippen LogP contribution in [0.25, 0.3) is 0 Å². The van der Waals surface area contributed by atoms with E-state index in [2.05, 4.69) is 15.3 Å². The summed E-state index contributed by atoms with van der Waals surface area (Å²) in [5.74, 6) is -2.27. The van der Waals surface area contributed by atoms with Gasteiger partial charge in [0.15, 0.2) is 11.6 Å². The van der Waals surface area contributed by atoms with Crippen LogP contribution >= 0.6 is 0 Å². The lowest BCUT2D eigenvalue weighted by Crippen LogP contribution is -2.48. The topological polar surface area (TPSA) is 108 Å². The Morgan fingerprint density at radius 3 is 2.56 bits per heavy atom. The molecule has 2 heterocycles. The Morgan fingerprint density at radius 1 is 1.26 bits per heavy atom. The second kappa shape index (κ2) is 11.5. The SMILES string of the molecule is CCN(CC1CCC(C(F)(F)F)CC1)c1ncnc(NC[C@H]2CCN(CC(N)=O)C[C@@H]2O)c1F. The Hall–Kier alpha value is -2.21. The highest BCUT2D eigenvalue weighted by atomic mass is 19.4. The zero-order valence-electron chi connectivity index (χ0n) is 19.4. The summed E-state index contributed by atoms with van der Waals surface area (Å²) in [6, 6.07) is 0. The Bertz CT molecular complexity index is 819. The fraction of sp³-hybridized carbons (Fsp3) is 0.773. The molecule has 2 aliphatic rings. The quantitative estimate of drug-likeness (QED) is 0.456. The Kier molecular flexibility index (Phi) is 8.91. The fourth-order valence-corrected chi connectivity index (χ4v) is 4.93. The number of carbonyl (C=O) groups is 1. The van der Waals surface area contributed by atoms with Gasteiger partial charge in [0.1, 0.15) is 6.33 Å². The number of primary amides is 1. The third-order valence-corrected chi connectivity index (χ3v) is 6.96. The van der Waals surface area contributed by atoms with E-state index < -0.39 is 29.9 Å². The van der Waals surface area contributed by atoms with Gasteiger partial charge >= 0.3 is 6.18 Å². The summed E-state index contributed by atoms with van der Waals surface area (Å²) in [5.41, 5.74) is 5.21. The number of halogens is 4. The maximum atomic E-state index is 15.2. The largest absolute Gasteiger partial charge is 0.391 e. The van der Waals surface area contributed by atoms with Crippen molar-refractivity contribution in [2.45, 2.75) is 51.3 Å². The molecule has 2 fully saturated rings. The molecule has 0 bridgehead atoms. The number of hydrogen-bond acceptors (Lipinski definition) is 7. The maximum absolute atomic E-state index is 15.2. The summed E-state index contributed by atoms with van der Waals surface area (Å²) in [6.45, 7) is 4.05. The maximum Gasteiger partial charge on any atom is 0.391 e. The molecule has 8 nitrogen and oxygen atoms in total. The summed E-state index contributed by atoms with van der Waals surface area (Å²) in [5, 5.41) is 13.4. The summed E-state index contributed by atoms with van der Waals surface area (Å²) in [4.78, 5) is 22.7. The first-order valence-corrected chi connectivity index (χ1v) is 11.8. The highest BCUT2D eigenvalue weighted by Gasteiger charge is 2.41. The second-order valence-corrected chi connectivity index (χ2v) is 9.36. The molecule has 1 saturated carbocycles. The molecule has 1 aliphatic carbocycles. The number of alkyl halides is 3. The number of aromatic nitrogens is 2. The first kappa shape index (κ1) is 26.4. The van der Waals surface area contributed by atoms with E-state index in [9.17, 15) is 23.1 Å². The lowest BCUT2D eigenvalue weighted by molar-refractivity contribution is -0.183. The van der Waals surface area contributed by atoms with Gasteiger partial charge in [-0.25, -0.2) is 9.97 Å². The van der Waals surface area contributed by atoms with Crippen molar-refractivity contribution in [1.29, 1.82) is 0 Å². The van der Waals surface area contributed by atoms with E-state index >= 15 is 4.39 Å². The number of amides is 1. The van der Waals surface area contributed by atoms with Crippen molar-refractivity contribution in [3.05, 3.63) is 12.1 Å². The van der Waals surface area contributed by atoms with Crippen LogP contribution < -0.4 is 16.0 Å². The molecule has 12 heteroatoms. The van der Waals surface area contributed by atoms with Crippen LogP contribution in [0.1, 0.15) is 39.0 Å². The number of β-amino-alcohol motifs (C(OH)–C–C–N with tert-alkyl or cyclic N) is 1. The lowest BCUT2D eigenvalue weighted by atomic mass is 9.81. The van der Waals surface area contributed by atoms with Gasteiger partial charge in [0.25, 0.3) is 0 Å². The molecule has 192 valence electrons. The summed E-state index contributed by atoms with van der Waals surface area (Å²) in [7, 11) is 0. The molecule has 2 atom stereocenters. The van der Waals surface area contributed by atoms with Gasteiger partial charge < -0.3 is 21.1 Å². The number of nitrogens with two attached hydrogens (primary N) is 1. The molecule has 3 rings (SSSR count). The zero-order chi connectivity index (χ0) is 24.9. The van der Waals surface area contributed by atoms with Crippen LogP contribution in [-0.2, 0) is 4.79 Å². The molecule has 34 heavy (non-hydrogen) atoms. The zero-order valence-corrected chi connectivity index (χ0v) is 19.4. The third-order valence-electron chi connectivity index (χ3n) is 6.96. The monoisotopic (exact) mass is 490 g/mol. The predicted octanol–water partition coefficient (Wildman–Crippen LogP) is 2.39. The van der Waals surface area contributed by atoms with E-state index in [1.165, 1.54) is 6.33 Å². The Labute approximate surface area is 196 Å². The van der Waals surface area contributed by atoms with Crippen LogP contribution in [0.2, 0.25) is 0 Å². The number of carbonyl (C=O) groups excluding carboxylic acids is 1. The molecule has 0 radical (unpaired) electrons. The van der Waals surface area contributed by atoms with E-state index in [1.54, 1.807) is 9.80 Å². The van der Waals surface area contributed by atoms with E-state index in [4.69, 9.17) is 5.73 Å². The molecule has 1 aliphatic heterocycles. The van der Waals surface area contributed by atoms with Crippen LogP contribution in [-0.4, -0.2) is 77.4 Å². The minimum atomic E-state index is -4.15. The molecule has 1 aromatic rings. The van der Waals surface area contributed by atoms with Crippen molar-refractivity contribution in [3.63, 3.8) is 0 Å². The molecule has 0 unspecified atom stereocenters. The van der Waals surface area contributed by atoms with Crippen LogP contribution in [0.5, 0.6) is 0 Å². The van der Waals surface area contributed by atoms with Crippen molar-refractivity contribution in [1.82, 2.24) is 14.9 Å². The van der Waals surface area contributed by atoms with Crippen LogP contribution in [0.4, 0.5) is 29.2 Å². The number of anilines is 2. The van der Waals surface area contributed by atoms with Gasteiger partial charge in [0, 0.05) is 32.1 Å². The van der Waals surface area contributed by atoms with Crippen molar-refractivity contribution < 1.29 is 27.5 Å². The minimum absolute atomic E-state index is 0.0241. The van der Waals surface area contributed by atoms with Crippen molar-refractivity contribution in [2.24, 2.45) is 23.5 Å². The predicted molar refractivity (Wildman–Crippen MR) is 120 cm³/mol. The summed E-state index contributed by atoms with van der Waals surface area (Å²) in [6.07, 6.45) is -1.87. The van der Waals surface area contributed by atoms with Gasteiger partial charge in [-0.2, -0.15) is 17.6 Å². The fourth-order valence-electron chi connectivity index (χ4n) is 4.93. The van der Waals surface area contributed by atoms with Crippen molar-refractivity contribution in [2.75, 3.05) is 49.5 Å². The number of aliphatic hydroxyl groups is 1. The van der Waals surface area contributed by atoms with Crippen LogP contribution in [0.3, 0.4) is 0 Å². The standard InChI is InChI=1S/C22H34F4N6O2/c1-2-32(10-14-3-5-16(6-4-14)22(24,25)26)21-19(23)20(29-13-30-21)28-9-15-7-8-31(11-17(15)33)12-18(27)34/h13-17,33H,2-12H2,1H3,(H2,27,34)(H,28,29,30)/t14?,15-,16?,17+/m1/s1. The normalized spacial score (nSPS) is 26.3. The molecular formula is C22H34F4N6O2. The van der Waals surface area contributed by atoms with Gasteiger partial charge in [-0.3, -0.25) is 9.69 Å². The number of nitrogens with zero attached hydrogens (tertiary/aromatic N) is 4. The molecule has 0 spiro atoms. The van der Waals surface area contributed by atoms with Gasteiger partial charge in [-0.1, -0.05) is 0 Å². The molecular weight excluding hydrogens is 456 g/mol. The number of rotatable bonds is 9. The first-order chi connectivity index (χ1) is 16.1. The summed E-state index contributed by atoms with van der Waals surface area (Å²) >= 11 is 0. The van der Waals surface area contributed by atoms with E-state index in [-0.39, 0.29) is 42.9 Å².